The summed E-state index contributed by atoms with van der Waals surface area (Å²) in [6, 6.07) is 4.83. The van der Waals surface area contributed by atoms with Gasteiger partial charge in [-0.1, -0.05) is 12.1 Å². The van der Waals surface area contributed by atoms with E-state index in [9.17, 15) is 4.39 Å². The van der Waals surface area contributed by atoms with Crippen molar-refractivity contribution in [3.8, 4) is 0 Å². The van der Waals surface area contributed by atoms with Crippen LogP contribution in [0.5, 0.6) is 0 Å². The number of hydrogen-bond acceptors (Lipinski definition) is 2. The molecule has 0 aliphatic carbocycles. The van der Waals surface area contributed by atoms with Gasteiger partial charge in [-0.3, -0.25) is 0 Å². The fourth-order valence-corrected chi connectivity index (χ4v) is 1.27. The Bertz CT molecular complexity index is 278. The highest BCUT2D eigenvalue weighted by Crippen LogP contribution is 2.20. The third kappa shape index (κ3) is 3.06. The Labute approximate surface area is 84.8 Å². The SMILES string of the molecule is COCOCc1cccc(F)c1Br. The molecule has 0 bridgehead atoms. The zero-order valence-corrected chi connectivity index (χ0v) is 8.80. The second-order valence-electron chi connectivity index (χ2n) is 2.47. The van der Waals surface area contributed by atoms with E-state index in [2.05, 4.69) is 15.9 Å². The second kappa shape index (κ2) is 5.32. The fraction of sp³-hybridized carbons (Fsp3) is 0.333. The van der Waals surface area contributed by atoms with Gasteiger partial charge in [-0.15, -0.1) is 0 Å². The molecule has 0 radical (unpaired) electrons. The Balaban J connectivity index is 2.61. The number of halogens is 2. The van der Waals surface area contributed by atoms with Gasteiger partial charge in [-0.2, -0.15) is 0 Å². The van der Waals surface area contributed by atoms with Gasteiger partial charge < -0.3 is 9.47 Å². The van der Waals surface area contributed by atoms with Crippen LogP contribution in [-0.4, -0.2) is 13.9 Å². The van der Waals surface area contributed by atoms with E-state index in [1.54, 1.807) is 19.2 Å². The van der Waals surface area contributed by atoms with Gasteiger partial charge >= 0.3 is 0 Å². The zero-order chi connectivity index (χ0) is 9.68. The van der Waals surface area contributed by atoms with Crippen molar-refractivity contribution in [3.63, 3.8) is 0 Å². The largest absolute Gasteiger partial charge is 0.359 e. The normalized spacial score (nSPS) is 10.4. The number of methoxy groups -OCH3 is 1. The molecule has 0 heterocycles. The van der Waals surface area contributed by atoms with Gasteiger partial charge in [-0.25, -0.2) is 4.39 Å². The first-order valence-corrected chi connectivity index (χ1v) is 4.54. The van der Waals surface area contributed by atoms with Crippen LogP contribution >= 0.6 is 15.9 Å². The van der Waals surface area contributed by atoms with Crippen LogP contribution in [0.4, 0.5) is 4.39 Å². The summed E-state index contributed by atoms with van der Waals surface area (Å²) in [5.41, 5.74) is 0.775. The Kier molecular flexibility index (Phi) is 4.35. The van der Waals surface area contributed by atoms with Crippen LogP contribution in [-0.2, 0) is 16.1 Å². The standard InChI is InChI=1S/C9H10BrFO2/c1-12-6-13-5-7-3-2-4-8(11)9(7)10/h2-4H,5-6H2,1H3. The van der Waals surface area contributed by atoms with Crippen molar-refractivity contribution in [2.45, 2.75) is 6.61 Å². The van der Waals surface area contributed by atoms with Gasteiger partial charge in [0.2, 0.25) is 0 Å². The summed E-state index contributed by atoms with van der Waals surface area (Å²) in [5, 5.41) is 0. The molecule has 1 rings (SSSR count). The smallest absolute Gasteiger partial charge is 0.146 e. The van der Waals surface area contributed by atoms with Gasteiger partial charge in [0.1, 0.15) is 12.6 Å². The topological polar surface area (TPSA) is 18.5 Å². The van der Waals surface area contributed by atoms with Crippen molar-refractivity contribution in [1.82, 2.24) is 0 Å². The van der Waals surface area contributed by atoms with Gasteiger partial charge in [-0.05, 0) is 27.6 Å². The molecular weight excluding hydrogens is 239 g/mol. The van der Waals surface area contributed by atoms with E-state index < -0.39 is 0 Å². The number of benzene rings is 1. The maximum absolute atomic E-state index is 13.0. The third-order valence-electron chi connectivity index (χ3n) is 1.49. The van der Waals surface area contributed by atoms with Crippen molar-refractivity contribution >= 4 is 15.9 Å². The van der Waals surface area contributed by atoms with E-state index >= 15 is 0 Å². The van der Waals surface area contributed by atoms with E-state index in [1.165, 1.54) is 6.07 Å². The van der Waals surface area contributed by atoms with Gasteiger partial charge in [0.15, 0.2) is 0 Å². The molecule has 2 nitrogen and oxygen atoms in total. The average Bonchev–Trinajstić information content (AvgIpc) is 2.13. The number of ether oxygens (including phenoxy) is 2. The third-order valence-corrected chi connectivity index (χ3v) is 2.38. The average molecular weight is 249 g/mol. The van der Waals surface area contributed by atoms with Crippen LogP contribution in [0.2, 0.25) is 0 Å². The molecule has 0 atom stereocenters. The lowest BCUT2D eigenvalue weighted by atomic mass is 10.2. The molecule has 0 spiro atoms. The summed E-state index contributed by atoms with van der Waals surface area (Å²) in [6.07, 6.45) is 0. The summed E-state index contributed by atoms with van der Waals surface area (Å²) >= 11 is 3.14. The lowest BCUT2D eigenvalue weighted by Gasteiger charge is -2.05. The summed E-state index contributed by atoms with van der Waals surface area (Å²) in [6.45, 7) is 0.551. The van der Waals surface area contributed by atoms with Gasteiger partial charge in [0, 0.05) is 7.11 Å². The molecule has 0 unspecified atom stereocenters. The molecule has 1 aromatic rings. The molecule has 1 aromatic carbocycles. The first kappa shape index (κ1) is 10.6. The van der Waals surface area contributed by atoms with Crippen molar-refractivity contribution in [2.24, 2.45) is 0 Å². The molecule has 0 aliphatic rings. The van der Waals surface area contributed by atoms with E-state index in [1.807, 2.05) is 0 Å². The first-order chi connectivity index (χ1) is 6.25. The lowest BCUT2D eigenvalue weighted by molar-refractivity contribution is -0.0393. The molecule has 0 saturated heterocycles. The molecule has 13 heavy (non-hydrogen) atoms. The molecule has 0 aromatic heterocycles. The molecule has 0 aliphatic heterocycles. The molecule has 0 amide bonds. The molecule has 72 valence electrons. The van der Waals surface area contributed by atoms with Crippen molar-refractivity contribution in [3.05, 3.63) is 34.1 Å². The van der Waals surface area contributed by atoms with E-state index in [0.717, 1.165) is 5.56 Å². The van der Waals surface area contributed by atoms with Crippen molar-refractivity contribution < 1.29 is 13.9 Å². The fourth-order valence-electron chi connectivity index (χ4n) is 0.895. The van der Waals surface area contributed by atoms with E-state index in [4.69, 9.17) is 9.47 Å². The highest BCUT2D eigenvalue weighted by Gasteiger charge is 2.04. The van der Waals surface area contributed by atoms with E-state index in [-0.39, 0.29) is 12.6 Å². The predicted molar refractivity (Wildman–Crippen MR) is 50.8 cm³/mol. The second-order valence-corrected chi connectivity index (χ2v) is 3.26. The zero-order valence-electron chi connectivity index (χ0n) is 7.22. The quantitative estimate of drug-likeness (QED) is 0.603. The predicted octanol–water partition coefficient (Wildman–Crippen LogP) is 2.71. The Morgan fingerprint density at radius 3 is 2.92 bits per heavy atom. The van der Waals surface area contributed by atoms with Crippen LogP contribution in [0.15, 0.2) is 22.7 Å². The molecular formula is C9H10BrFO2. The molecule has 0 fully saturated rings. The summed E-state index contributed by atoms with van der Waals surface area (Å²) in [7, 11) is 1.54. The Morgan fingerprint density at radius 2 is 2.23 bits per heavy atom. The van der Waals surface area contributed by atoms with Crippen molar-refractivity contribution in [2.75, 3.05) is 13.9 Å². The maximum Gasteiger partial charge on any atom is 0.146 e. The van der Waals surface area contributed by atoms with Crippen LogP contribution in [0.25, 0.3) is 0 Å². The summed E-state index contributed by atoms with van der Waals surface area (Å²) < 4.78 is 23.2. The van der Waals surface area contributed by atoms with Crippen LogP contribution in [0.3, 0.4) is 0 Å². The van der Waals surface area contributed by atoms with E-state index in [0.29, 0.717) is 11.1 Å². The minimum Gasteiger partial charge on any atom is -0.359 e. The monoisotopic (exact) mass is 248 g/mol. The van der Waals surface area contributed by atoms with Crippen LogP contribution < -0.4 is 0 Å². The molecule has 0 saturated carbocycles. The Morgan fingerprint density at radius 1 is 1.46 bits per heavy atom. The van der Waals surface area contributed by atoms with Crippen LogP contribution in [0, 0.1) is 5.82 Å². The minimum atomic E-state index is -0.279. The lowest BCUT2D eigenvalue weighted by Crippen LogP contribution is -1.98. The number of hydrogen-bond donors (Lipinski definition) is 0. The van der Waals surface area contributed by atoms with Gasteiger partial charge in [0.05, 0.1) is 11.1 Å². The first-order valence-electron chi connectivity index (χ1n) is 3.75. The summed E-state index contributed by atoms with van der Waals surface area (Å²) in [4.78, 5) is 0. The molecule has 0 N–H and O–H groups in total. The maximum atomic E-state index is 13.0. The summed E-state index contributed by atoms with van der Waals surface area (Å²) in [5.74, 6) is -0.279. The van der Waals surface area contributed by atoms with Crippen molar-refractivity contribution in [1.29, 1.82) is 0 Å². The highest BCUT2D eigenvalue weighted by molar-refractivity contribution is 9.10. The van der Waals surface area contributed by atoms with Gasteiger partial charge in [0.25, 0.3) is 0 Å². The number of rotatable bonds is 4. The molecule has 4 heteroatoms. The highest BCUT2D eigenvalue weighted by atomic mass is 79.9. The minimum absolute atomic E-state index is 0.211. The Hall–Kier alpha value is -0.450. The van der Waals surface area contributed by atoms with Crippen LogP contribution in [0.1, 0.15) is 5.56 Å².